The molecule has 2 aromatic heterocycles. The summed E-state index contributed by atoms with van der Waals surface area (Å²) in [6.45, 7) is 3.02. The summed E-state index contributed by atoms with van der Waals surface area (Å²) < 4.78 is 0. The number of aromatic nitrogens is 3. The molecule has 0 aromatic carbocycles. The Labute approximate surface area is 108 Å². The summed E-state index contributed by atoms with van der Waals surface area (Å²) >= 11 is 0. The van der Waals surface area contributed by atoms with Crippen LogP contribution in [0.2, 0.25) is 0 Å². The van der Waals surface area contributed by atoms with E-state index >= 15 is 0 Å². The summed E-state index contributed by atoms with van der Waals surface area (Å²) in [4.78, 5) is 12.5. The van der Waals surface area contributed by atoms with Crippen molar-refractivity contribution in [3.63, 3.8) is 0 Å². The zero-order valence-electron chi connectivity index (χ0n) is 10.6. The number of hydrogen-bond donors (Lipinski definition) is 1. The van der Waals surface area contributed by atoms with Crippen LogP contribution < -0.4 is 5.32 Å². The minimum atomic E-state index is 0.868. The van der Waals surface area contributed by atoms with Crippen LogP contribution in [0, 0.1) is 0 Å². The second kappa shape index (κ2) is 6.69. The zero-order valence-corrected chi connectivity index (χ0v) is 10.6. The maximum Gasteiger partial charge on any atom is 0.129 e. The smallest absolute Gasteiger partial charge is 0.129 e. The van der Waals surface area contributed by atoms with Crippen molar-refractivity contribution in [2.24, 2.45) is 0 Å². The van der Waals surface area contributed by atoms with Crippen molar-refractivity contribution < 1.29 is 0 Å². The van der Waals surface area contributed by atoms with Gasteiger partial charge in [0, 0.05) is 30.7 Å². The molecule has 2 rings (SSSR count). The van der Waals surface area contributed by atoms with Crippen molar-refractivity contribution in [2.75, 3.05) is 11.9 Å². The number of aryl methyl sites for hydroxylation is 1. The van der Waals surface area contributed by atoms with E-state index in [4.69, 9.17) is 0 Å². The first-order chi connectivity index (χ1) is 8.88. The van der Waals surface area contributed by atoms with Gasteiger partial charge < -0.3 is 5.32 Å². The van der Waals surface area contributed by atoms with Crippen LogP contribution >= 0.6 is 0 Å². The molecule has 0 fully saturated rings. The standard InChI is InChI=1S/C14H18N4/c1-2-3-13-10-14(18-11-17-13)16-9-6-12-4-7-15-8-5-12/h4-5,7-8,10-11H,2-3,6,9H2,1H3,(H,16,17,18). The van der Waals surface area contributed by atoms with Gasteiger partial charge >= 0.3 is 0 Å². The highest BCUT2D eigenvalue weighted by Crippen LogP contribution is 2.06. The summed E-state index contributed by atoms with van der Waals surface area (Å²) in [5.41, 5.74) is 2.37. The quantitative estimate of drug-likeness (QED) is 0.845. The third-order valence-corrected chi connectivity index (χ3v) is 2.70. The minimum Gasteiger partial charge on any atom is -0.370 e. The van der Waals surface area contributed by atoms with Crippen molar-refractivity contribution in [3.05, 3.63) is 48.2 Å². The van der Waals surface area contributed by atoms with Gasteiger partial charge in [-0.05, 0) is 30.5 Å². The molecule has 0 saturated carbocycles. The molecule has 0 spiro atoms. The molecule has 0 atom stereocenters. The Bertz CT molecular complexity index is 470. The molecule has 2 heterocycles. The molecule has 18 heavy (non-hydrogen) atoms. The Morgan fingerprint density at radius 2 is 1.94 bits per heavy atom. The summed E-state index contributed by atoms with van der Waals surface area (Å²) in [6.07, 6.45) is 8.34. The van der Waals surface area contributed by atoms with E-state index in [1.807, 2.05) is 30.6 Å². The fourth-order valence-corrected chi connectivity index (χ4v) is 1.77. The average molecular weight is 242 g/mol. The van der Waals surface area contributed by atoms with Gasteiger partial charge in [-0.15, -0.1) is 0 Å². The van der Waals surface area contributed by atoms with E-state index < -0.39 is 0 Å². The van der Waals surface area contributed by atoms with Crippen molar-refractivity contribution in [1.82, 2.24) is 15.0 Å². The van der Waals surface area contributed by atoms with Crippen LogP contribution in [0.4, 0.5) is 5.82 Å². The molecule has 0 radical (unpaired) electrons. The fourth-order valence-electron chi connectivity index (χ4n) is 1.77. The molecule has 4 heteroatoms. The maximum atomic E-state index is 4.24. The number of pyridine rings is 1. The Morgan fingerprint density at radius 3 is 2.72 bits per heavy atom. The molecular weight excluding hydrogens is 224 g/mol. The lowest BCUT2D eigenvalue weighted by molar-refractivity contribution is 0.870. The van der Waals surface area contributed by atoms with E-state index in [0.29, 0.717) is 0 Å². The molecule has 0 aliphatic carbocycles. The number of nitrogens with one attached hydrogen (secondary N) is 1. The first-order valence-corrected chi connectivity index (χ1v) is 6.32. The van der Waals surface area contributed by atoms with E-state index in [2.05, 4.69) is 27.2 Å². The zero-order chi connectivity index (χ0) is 12.6. The normalized spacial score (nSPS) is 10.3. The van der Waals surface area contributed by atoms with Crippen molar-refractivity contribution in [3.8, 4) is 0 Å². The predicted molar refractivity (Wildman–Crippen MR) is 72.5 cm³/mol. The summed E-state index contributed by atoms with van der Waals surface area (Å²) in [5.74, 6) is 0.905. The van der Waals surface area contributed by atoms with E-state index in [-0.39, 0.29) is 0 Å². The number of nitrogens with zero attached hydrogens (tertiary/aromatic N) is 3. The number of hydrogen-bond acceptors (Lipinski definition) is 4. The Kier molecular flexibility index (Phi) is 4.64. The highest BCUT2D eigenvalue weighted by molar-refractivity contribution is 5.35. The van der Waals surface area contributed by atoms with Crippen molar-refractivity contribution in [2.45, 2.75) is 26.2 Å². The van der Waals surface area contributed by atoms with Crippen LogP contribution in [0.1, 0.15) is 24.6 Å². The van der Waals surface area contributed by atoms with Gasteiger partial charge in [-0.3, -0.25) is 4.98 Å². The summed E-state index contributed by atoms with van der Waals surface area (Å²) in [7, 11) is 0. The molecule has 2 aromatic rings. The van der Waals surface area contributed by atoms with Crippen molar-refractivity contribution in [1.29, 1.82) is 0 Å². The predicted octanol–water partition coefficient (Wildman–Crippen LogP) is 2.48. The highest BCUT2D eigenvalue weighted by atomic mass is 15.0. The average Bonchev–Trinajstić information content (AvgIpc) is 2.41. The van der Waals surface area contributed by atoms with E-state index in [1.165, 1.54) is 5.56 Å². The SMILES string of the molecule is CCCc1cc(NCCc2ccncc2)ncn1. The fraction of sp³-hybridized carbons (Fsp3) is 0.357. The molecule has 1 N–H and O–H groups in total. The summed E-state index contributed by atoms with van der Waals surface area (Å²) in [5, 5.41) is 3.32. The third-order valence-electron chi connectivity index (χ3n) is 2.70. The Hall–Kier alpha value is -1.97. The molecule has 0 saturated heterocycles. The van der Waals surface area contributed by atoms with Crippen LogP contribution in [0.15, 0.2) is 36.9 Å². The highest BCUT2D eigenvalue weighted by Gasteiger charge is 1.98. The molecule has 0 aliphatic heterocycles. The molecule has 0 aliphatic rings. The number of anilines is 1. The van der Waals surface area contributed by atoms with Crippen LogP contribution in [-0.4, -0.2) is 21.5 Å². The molecule has 0 amide bonds. The first kappa shape index (κ1) is 12.5. The molecule has 0 unspecified atom stereocenters. The van der Waals surface area contributed by atoms with Gasteiger partial charge in [0.25, 0.3) is 0 Å². The molecule has 4 nitrogen and oxygen atoms in total. The third kappa shape index (κ3) is 3.80. The van der Waals surface area contributed by atoms with Gasteiger partial charge in [0.2, 0.25) is 0 Å². The Balaban J connectivity index is 1.84. The lowest BCUT2D eigenvalue weighted by atomic mass is 10.2. The molecule has 94 valence electrons. The van der Waals surface area contributed by atoms with Gasteiger partial charge in [0.15, 0.2) is 0 Å². The lowest BCUT2D eigenvalue weighted by Crippen LogP contribution is -2.07. The van der Waals surface area contributed by atoms with Gasteiger partial charge in [-0.1, -0.05) is 13.3 Å². The maximum absolute atomic E-state index is 4.24. The summed E-state index contributed by atoms with van der Waals surface area (Å²) in [6, 6.07) is 6.09. The van der Waals surface area contributed by atoms with Crippen LogP contribution in [0.5, 0.6) is 0 Å². The van der Waals surface area contributed by atoms with Gasteiger partial charge in [0.1, 0.15) is 12.1 Å². The van der Waals surface area contributed by atoms with E-state index in [0.717, 1.165) is 37.3 Å². The largest absolute Gasteiger partial charge is 0.370 e. The second-order valence-corrected chi connectivity index (χ2v) is 4.18. The van der Waals surface area contributed by atoms with Crippen LogP contribution in [0.25, 0.3) is 0 Å². The topological polar surface area (TPSA) is 50.7 Å². The first-order valence-electron chi connectivity index (χ1n) is 6.32. The van der Waals surface area contributed by atoms with E-state index in [1.54, 1.807) is 6.33 Å². The van der Waals surface area contributed by atoms with Crippen LogP contribution in [0.3, 0.4) is 0 Å². The number of rotatable bonds is 6. The van der Waals surface area contributed by atoms with Crippen LogP contribution in [-0.2, 0) is 12.8 Å². The van der Waals surface area contributed by atoms with Crippen molar-refractivity contribution >= 4 is 5.82 Å². The van der Waals surface area contributed by atoms with Gasteiger partial charge in [0.05, 0.1) is 0 Å². The lowest BCUT2D eigenvalue weighted by Gasteiger charge is -2.06. The Morgan fingerprint density at radius 1 is 1.11 bits per heavy atom. The molecule has 0 bridgehead atoms. The second-order valence-electron chi connectivity index (χ2n) is 4.18. The van der Waals surface area contributed by atoms with E-state index in [9.17, 15) is 0 Å². The monoisotopic (exact) mass is 242 g/mol. The van der Waals surface area contributed by atoms with Gasteiger partial charge in [-0.2, -0.15) is 0 Å². The van der Waals surface area contributed by atoms with Gasteiger partial charge in [-0.25, -0.2) is 9.97 Å². The molecular formula is C14H18N4. The minimum absolute atomic E-state index is 0.868.